The predicted molar refractivity (Wildman–Crippen MR) is 142 cm³/mol. The van der Waals surface area contributed by atoms with Crippen LogP contribution in [0, 0.1) is 6.92 Å². The summed E-state index contributed by atoms with van der Waals surface area (Å²) in [5, 5.41) is 2.95. The number of rotatable bonds is 11. The molecule has 7 nitrogen and oxygen atoms in total. The fraction of sp³-hybridized carbons (Fsp3) is 0.429. The molecule has 1 heterocycles. The van der Waals surface area contributed by atoms with Gasteiger partial charge in [-0.15, -0.1) is 0 Å². The van der Waals surface area contributed by atoms with E-state index >= 15 is 0 Å². The number of benzene rings is 2. The van der Waals surface area contributed by atoms with Gasteiger partial charge in [-0.05, 0) is 56.0 Å². The molecular formula is C28H36N2O5S. The van der Waals surface area contributed by atoms with Gasteiger partial charge in [0, 0.05) is 6.42 Å². The molecule has 2 amide bonds. The van der Waals surface area contributed by atoms with Crippen LogP contribution in [0.4, 0.5) is 0 Å². The van der Waals surface area contributed by atoms with E-state index in [-0.39, 0.29) is 11.3 Å². The van der Waals surface area contributed by atoms with Crippen LogP contribution in [0.5, 0.6) is 5.75 Å². The molecule has 0 aromatic heterocycles. The van der Waals surface area contributed by atoms with Crippen LogP contribution in [0.1, 0.15) is 69.6 Å². The van der Waals surface area contributed by atoms with Gasteiger partial charge in [0.1, 0.15) is 11.3 Å². The minimum atomic E-state index is -3.83. The SMILES string of the molecule is CCCCCCOc1ccc([C@]2(C)CC(c3ccc(C)cc3)=C(C(=O)NS(=O)(=O)CC)C(=O)N2)cc1. The summed E-state index contributed by atoms with van der Waals surface area (Å²) in [7, 11) is -3.83. The predicted octanol–water partition coefficient (Wildman–Crippen LogP) is 4.61. The van der Waals surface area contributed by atoms with Gasteiger partial charge in [-0.25, -0.2) is 13.1 Å². The summed E-state index contributed by atoms with van der Waals surface area (Å²) in [6.45, 7) is 8.11. The van der Waals surface area contributed by atoms with Gasteiger partial charge in [0.25, 0.3) is 11.8 Å². The van der Waals surface area contributed by atoms with Gasteiger partial charge >= 0.3 is 0 Å². The molecule has 36 heavy (non-hydrogen) atoms. The van der Waals surface area contributed by atoms with E-state index in [9.17, 15) is 18.0 Å². The van der Waals surface area contributed by atoms with E-state index in [1.54, 1.807) is 0 Å². The van der Waals surface area contributed by atoms with Crippen LogP contribution in [0.3, 0.4) is 0 Å². The Hall–Kier alpha value is -3.13. The highest BCUT2D eigenvalue weighted by molar-refractivity contribution is 7.90. The van der Waals surface area contributed by atoms with Crippen LogP contribution in [-0.2, 0) is 25.2 Å². The Kier molecular flexibility index (Phi) is 8.95. The summed E-state index contributed by atoms with van der Waals surface area (Å²) in [5.74, 6) is -1.03. The molecule has 2 aromatic rings. The van der Waals surface area contributed by atoms with E-state index in [0.29, 0.717) is 24.2 Å². The van der Waals surface area contributed by atoms with Crippen molar-refractivity contribution in [2.45, 2.75) is 65.3 Å². The zero-order valence-corrected chi connectivity index (χ0v) is 22.3. The monoisotopic (exact) mass is 512 g/mol. The topological polar surface area (TPSA) is 102 Å². The fourth-order valence-corrected chi connectivity index (χ4v) is 4.78. The summed E-state index contributed by atoms with van der Waals surface area (Å²) in [6, 6.07) is 15.1. The number of carbonyl (C=O) groups is 2. The van der Waals surface area contributed by atoms with Crippen LogP contribution in [-0.4, -0.2) is 32.6 Å². The van der Waals surface area contributed by atoms with Crippen molar-refractivity contribution in [3.8, 4) is 5.75 Å². The second-order valence-electron chi connectivity index (χ2n) is 9.45. The molecule has 0 bridgehead atoms. The van der Waals surface area contributed by atoms with Crippen LogP contribution in [0.15, 0.2) is 54.1 Å². The van der Waals surface area contributed by atoms with Crippen molar-refractivity contribution in [2.75, 3.05) is 12.4 Å². The van der Waals surface area contributed by atoms with Gasteiger partial charge in [-0.1, -0.05) is 68.1 Å². The Morgan fingerprint density at radius 1 is 1.03 bits per heavy atom. The molecule has 8 heteroatoms. The van der Waals surface area contributed by atoms with Crippen molar-refractivity contribution in [1.29, 1.82) is 0 Å². The Morgan fingerprint density at radius 2 is 1.69 bits per heavy atom. The van der Waals surface area contributed by atoms with Crippen molar-refractivity contribution in [3.63, 3.8) is 0 Å². The molecular weight excluding hydrogens is 476 g/mol. The fourth-order valence-electron chi connectivity index (χ4n) is 4.25. The summed E-state index contributed by atoms with van der Waals surface area (Å²) >= 11 is 0. The standard InChI is InChI=1S/C28H36N2O5S/c1-5-7-8-9-18-35-23-16-14-22(15-17-23)28(4)19-24(21-12-10-20(3)11-13-21)25(26(31)29-28)27(32)30-36(33,34)6-2/h10-17H,5-9,18-19H2,1-4H3,(H,29,31)(H,30,32)/t28-/m0/s1. The number of aryl methyl sites for hydroxylation is 1. The van der Waals surface area contributed by atoms with Crippen LogP contribution in [0.2, 0.25) is 0 Å². The van der Waals surface area contributed by atoms with E-state index in [4.69, 9.17) is 4.74 Å². The van der Waals surface area contributed by atoms with Crippen molar-refractivity contribution >= 4 is 27.4 Å². The summed E-state index contributed by atoms with van der Waals surface area (Å²) in [4.78, 5) is 26.3. The normalized spacial score (nSPS) is 18.1. The molecule has 1 atom stereocenters. The van der Waals surface area contributed by atoms with Gasteiger partial charge in [-0.2, -0.15) is 0 Å². The first kappa shape index (κ1) is 27.5. The van der Waals surface area contributed by atoms with Crippen molar-refractivity contribution in [3.05, 3.63) is 70.8 Å². The van der Waals surface area contributed by atoms with Crippen LogP contribution in [0.25, 0.3) is 5.57 Å². The molecule has 3 rings (SSSR count). The van der Waals surface area contributed by atoms with Gasteiger partial charge in [0.05, 0.1) is 17.9 Å². The summed E-state index contributed by atoms with van der Waals surface area (Å²) in [6.07, 6.45) is 4.83. The van der Waals surface area contributed by atoms with Crippen molar-refractivity contribution in [1.82, 2.24) is 10.0 Å². The molecule has 2 aromatic carbocycles. The lowest BCUT2D eigenvalue weighted by molar-refractivity contribution is -0.124. The van der Waals surface area contributed by atoms with E-state index < -0.39 is 27.4 Å². The lowest BCUT2D eigenvalue weighted by Gasteiger charge is -2.37. The smallest absolute Gasteiger partial charge is 0.270 e. The first-order valence-electron chi connectivity index (χ1n) is 12.5. The maximum absolute atomic E-state index is 13.3. The molecule has 0 saturated heterocycles. The van der Waals surface area contributed by atoms with E-state index in [1.165, 1.54) is 19.8 Å². The third kappa shape index (κ3) is 6.75. The minimum Gasteiger partial charge on any atom is -0.494 e. The highest BCUT2D eigenvalue weighted by Crippen LogP contribution is 2.39. The molecule has 0 fully saturated rings. The maximum atomic E-state index is 13.3. The van der Waals surface area contributed by atoms with E-state index in [0.717, 1.165) is 29.7 Å². The number of carbonyl (C=O) groups excluding carboxylic acids is 2. The largest absolute Gasteiger partial charge is 0.494 e. The number of ether oxygens (including phenoxy) is 1. The zero-order valence-electron chi connectivity index (χ0n) is 21.5. The highest BCUT2D eigenvalue weighted by Gasteiger charge is 2.40. The van der Waals surface area contributed by atoms with Gasteiger partial charge in [0.2, 0.25) is 10.0 Å². The number of hydrogen-bond donors (Lipinski definition) is 2. The first-order chi connectivity index (χ1) is 17.1. The van der Waals surface area contributed by atoms with E-state index in [2.05, 4.69) is 12.2 Å². The third-order valence-electron chi connectivity index (χ3n) is 6.46. The Balaban J connectivity index is 1.91. The zero-order chi connectivity index (χ0) is 26.3. The number of nitrogens with one attached hydrogen (secondary N) is 2. The van der Waals surface area contributed by atoms with Gasteiger partial charge < -0.3 is 10.1 Å². The molecule has 0 radical (unpaired) electrons. The van der Waals surface area contributed by atoms with E-state index in [1.807, 2.05) is 67.1 Å². The average Bonchev–Trinajstić information content (AvgIpc) is 2.84. The molecule has 194 valence electrons. The number of hydrogen-bond acceptors (Lipinski definition) is 5. The quantitative estimate of drug-likeness (QED) is 0.338. The Morgan fingerprint density at radius 3 is 2.31 bits per heavy atom. The minimum absolute atomic E-state index is 0.180. The number of sulfonamides is 1. The van der Waals surface area contributed by atoms with Crippen molar-refractivity contribution in [2.24, 2.45) is 0 Å². The number of unbranched alkanes of at least 4 members (excludes halogenated alkanes) is 3. The first-order valence-corrected chi connectivity index (χ1v) is 14.1. The van der Waals surface area contributed by atoms with Gasteiger partial charge in [-0.3, -0.25) is 9.59 Å². The second-order valence-corrected chi connectivity index (χ2v) is 11.5. The summed E-state index contributed by atoms with van der Waals surface area (Å²) < 4.78 is 32.0. The molecule has 1 aliphatic rings. The lowest BCUT2D eigenvalue weighted by atomic mass is 9.78. The average molecular weight is 513 g/mol. The maximum Gasteiger partial charge on any atom is 0.270 e. The lowest BCUT2D eigenvalue weighted by Crippen LogP contribution is -2.50. The molecule has 0 spiro atoms. The second kappa shape index (κ2) is 11.7. The molecule has 0 saturated carbocycles. The molecule has 0 aliphatic carbocycles. The van der Waals surface area contributed by atoms with Gasteiger partial charge in [0.15, 0.2) is 0 Å². The molecule has 2 N–H and O–H groups in total. The molecule has 0 unspecified atom stereocenters. The molecule has 1 aliphatic heterocycles. The Labute approximate surface area is 214 Å². The third-order valence-corrected chi connectivity index (χ3v) is 7.72. The summed E-state index contributed by atoms with van der Waals surface area (Å²) in [5.41, 5.74) is 2.12. The highest BCUT2D eigenvalue weighted by atomic mass is 32.2. The van der Waals surface area contributed by atoms with Crippen LogP contribution < -0.4 is 14.8 Å². The van der Waals surface area contributed by atoms with Crippen LogP contribution >= 0.6 is 0 Å². The Bertz CT molecular complexity index is 1220. The number of amides is 2. The van der Waals surface area contributed by atoms with Crippen molar-refractivity contribution < 1.29 is 22.7 Å².